The monoisotopic (exact) mass is 357 g/mol. The molecule has 1 aromatic carbocycles. The Morgan fingerprint density at radius 1 is 1.23 bits per heavy atom. The lowest BCUT2D eigenvalue weighted by Crippen LogP contribution is -2.59. The average molecular weight is 357 g/mol. The number of benzene rings is 1. The first-order valence-electron chi connectivity index (χ1n) is 9.63. The minimum absolute atomic E-state index is 0.00488. The fourth-order valence-corrected chi connectivity index (χ4v) is 4.64. The number of nitrogens with one attached hydrogen (secondary N) is 2. The van der Waals surface area contributed by atoms with Crippen LogP contribution in [0.15, 0.2) is 30.3 Å². The predicted molar refractivity (Wildman–Crippen MR) is 96.5 cm³/mol. The minimum Gasteiger partial charge on any atom is -0.341 e. The largest absolute Gasteiger partial charge is 0.341 e. The first-order valence-corrected chi connectivity index (χ1v) is 9.63. The Morgan fingerprint density at radius 2 is 2.00 bits per heavy atom. The summed E-state index contributed by atoms with van der Waals surface area (Å²) in [5, 5.41) is 12.5. The van der Waals surface area contributed by atoms with Gasteiger partial charge in [0.2, 0.25) is 11.8 Å². The van der Waals surface area contributed by atoms with Crippen LogP contribution in [0.5, 0.6) is 0 Å². The molecule has 6 nitrogen and oxygen atoms in total. The van der Waals surface area contributed by atoms with E-state index in [9.17, 15) is 9.59 Å². The quantitative estimate of drug-likeness (QED) is 0.568. The van der Waals surface area contributed by atoms with Gasteiger partial charge < -0.3 is 10.2 Å². The maximum Gasteiger partial charge on any atom is 0.248 e. The van der Waals surface area contributed by atoms with Crippen molar-refractivity contribution in [1.82, 2.24) is 15.7 Å². The van der Waals surface area contributed by atoms with Crippen molar-refractivity contribution in [3.8, 4) is 0 Å². The zero-order valence-electron chi connectivity index (χ0n) is 15.0. The van der Waals surface area contributed by atoms with Gasteiger partial charge >= 0.3 is 0 Å². The number of hydroxylamine groups is 1. The van der Waals surface area contributed by atoms with Gasteiger partial charge in [-0.1, -0.05) is 30.3 Å². The van der Waals surface area contributed by atoms with Gasteiger partial charge in [0.15, 0.2) is 0 Å². The maximum absolute atomic E-state index is 13.2. The van der Waals surface area contributed by atoms with E-state index in [0.29, 0.717) is 18.9 Å². The normalized spacial score (nSPS) is 30.0. The summed E-state index contributed by atoms with van der Waals surface area (Å²) in [6.07, 6.45) is 4.92. The molecule has 0 bridgehead atoms. The van der Waals surface area contributed by atoms with E-state index in [1.165, 1.54) is 5.56 Å². The number of amides is 2. The Morgan fingerprint density at radius 3 is 2.69 bits per heavy atom. The molecule has 2 heterocycles. The third-order valence-corrected chi connectivity index (χ3v) is 6.43. The Balaban J connectivity index is 1.47. The summed E-state index contributed by atoms with van der Waals surface area (Å²) in [4.78, 5) is 27.3. The van der Waals surface area contributed by atoms with Gasteiger partial charge in [-0.15, -0.1) is 0 Å². The Bertz CT molecular complexity index is 674. The van der Waals surface area contributed by atoms with Gasteiger partial charge in [-0.25, -0.2) is 5.48 Å². The third kappa shape index (κ3) is 3.35. The summed E-state index contributed by atoms with van der Waals surface area (Å²) in [5.74, 6) is -0.605. The molecule has 26 heavy (non-hydrogen) atoms. The van der Waals surface area contributed by atoms with Crippen molar-refractivity contribution in [3.63, 3.8) is 0 Å². The van der Waals surface area contributed by atoms with Crippen molar-refractivity contribution >= 4 is 11.8 Å². The van der Waals surface area contributed by atoms with Crippen LogP contribution in [0.2, 0.25) is 0 Å². The maximum atomic E-state index is 13.2. The Labute approximate surface area is 153 Å². The lowest BCUT2D eigenvalue weighted by molar-refractivity contribution is -0.145. The summed E-state index contributed by atoms with van der Waals surface area (Å²) < 4.78 is 0. The topological polar surface area (TPSA) is 81.7 Å². The van der Waals surface area contributed by atoms with Gasteiger partial charge in [0.05, 0.1) is 12.0 Å². The zero-order valence-corrected chi connectivity index (χ0v) is 15.0. The molecule has 0 radical (unpaired) electrons. The fourth-order valence-electron chi connectivity index (χ4n) is 4.64. The molecular weight excluding hydrogens is 330 g/mol. The second kappa shape index (κ2) is 7.00. The highest BCUT2D eigenvalue weighted by molar-refractivity contribution is 5.90. The van der Waals surface area contributed by atoms with Gasteiger partial charge in [-0.2, -0.15) is 0 Å². The number of rotatable bonds is 3. The molecule has 3 atom stereocenters. The van der Waals surface area contributed by atoms with E-state index in [2.05, 4.69) is 17.4 Å². The highest BCUT2D eigenvalue weighted by atomic mass is 16.5. The number of piperidine rings is 2. The molecular formula is C20H27N3O3. The summed E-state index contributed by atoms with van der Waals surface area (Å²) in [7, 11) is 0. The van der Waals surface area contributed by atoms with Crippen molar-refractivity contribution in [2.45, 2.75) is 44.1 Å². The molecule has 3 aliphatic rings. The highest BCUT2D eigenvalue weighted by Gasteiger charge is 2.52. The van der Waals surface area contributed by atoms with E-state index in [1.807, 2.05) is 23.1 Å². The predicted octanol–water partition coefficient (Wildman–Crippen LogP) is 1.66. The summed E-state index contributed by atoms with van der Waals surface area (Å²) in [6.45, 7) is 2.22. The van der Waals surface area contributed by atoms with Gasteiger partial charge in [0, 0.05) is 25.6 Å². The zero-order chi connectivity index (χ0) is 18.1. The molecule has 3 fully saturated rings. The van der Waals surface area contributed by atoms with Crippen LogP contribution in [0.4, 0.5) is 0 Å². The lowest BCUT2D eigenvalue weighted by atomic mass is 9.81. The van der Waals surface area contributed by atoms with Crippen LogP contribution >= 0.6 is 0 Å². The molecule has 6 heteroatoms. The van der Waals surface area contributed by atoms with E-state index < -0.39 is 17.9 Å². The van der Waals surface area contributed by atoms with Crippen LogP contribution in [0.3, 0.4) is 0 Å². The first-order chi connectivity index (χ1) is 12.6. The molecule has 1 saturated carbocycles. The van der Waals surface area contributed by atoms with E-state index in [4.69, 9.17) is 5.21 Å². The second-order valence-corrected chi connectivity index (χ2v) is 8.18. The Hall–Kier alpha value is -1.92. The van der Waals surface area contributed by atoms with Gasteiger partial charge in [0.25, 0.3) is 0 Å². The molecule has 1 aliphatic carbocycles. The second-order valence-electron chi connectivity index (χ2n) is 8.18. The highest BCUT2D eigenvalue weighted by Crippen LogP contribution is 2.52. The molecule has 2 unspecified atom stereocenters. The molecule has 2 saturated heterocycles. The molecule has 140 valence electrons. The van der Waals surface area contributed by atoms with Crippen LogP contribution in [0, 0.1) is 11.3 Å². The van der Waals surface area contributed by atoms with Crippen molar-refractivity contribution in [2.75, 3.05) is 19.6 Å². The molecule has 1 spiro atoms. The van der Waals surface area contributed by atoms with Crippen LogP contribution in [-0.4, -0.2) is 47.6 Å². The van der Waals surface area contributed by atoms with Gasteiger partial charge in [-0.3, -0.25) is 14.8 Å². The number of carbonyl (C=O) groups is 2. The molecule has 2 amide bonds. The van der Waals surface area contributed by atoms with Crippen molar-refractivity contribution in [2.24, 2.45) is 11.3 Å². The van der Waals surface area contributed by atoms with Crippen molar-refractivity contribution < 1.29 is 14.8 Å². The summed E-state index contributed by atoms with van der Waals surface area (Å²) in [6, 6.07) is 9.79. The Kier molecular flexibility index (Phi) is 4.71. The number of carbonyl (C=O) groups excluding carboxylic acids is 2. The van der Waals surface area contributed by atoms with Crippen molar-refractivity contribution in [3.05, 3.63) is 35.9 Å². The SMILES string of the molecule is O=C(NO)C1CC2(CC2)CN[C@@H]1C(=O)N1CCCC(c2ccccc2)C1. The number of likely N-dealkylation sites (tertiary alicyclic amines) is 1. The van der Waals surface area contributed by atoms with E-state index in [-0.39, 0.29) is 11.3 Å². The number of hydrogen-bond donors (Lipinski definition) is 3. The van der Waals surface area contributed by atoms with E-state index >= 15 is 0 Å². The molecule has 1 aromatic rings. The van der Waals surface area contributed by atoms with E-state index in [1.54, 1.807) is 5.48 Å². The third-order valence-electron chi connectivity index (χ3n) is 6.43. The number of nitrogens with zero attached hydrogens (tertiary/aromatic N) is 1. The standard InChI is InChI=1S/C20H27N3O3/c24-18(22-26)16-11-20(8-9-20)13-21-17(16)19(25)23-10-4-7-15(12-23)14-5-2-1-3-6-14/h1-3,5-6,15-17,21,26H,4,7-13H2,(H,22,24)/t15?,16?,17-/m0/s1. The summed E-state index contributed by atoms with van der Waals surface area (Å²) >= 11 is 0. The molecule has 2 aliphatic heterocycles. The van der Waals surface area contributed by atoms with E-state index in [0.717, 1.165) is 38.8 Å². The molecule has 3 N–H and O–H groups in total. The van der Waals surface area contributed by atoms with Gasteiger partial charge in [0.1, 0.15) is 0 Å². The van der Waals surface area contributed by atoms with Crippen LogP contribution in [-0.2, 0) is 9.59 Å². The minimum atomic E-state index is -0.539. The molecule has 0 aromatic heterocycles. The van der Waals surface area contributed by atoms with Crippen LogP contribution in [0.25, 0.3) is 0 Å². The number of hydrogen-bond acceptors (Lipinski definition) is 4. The van der Waals surface area contributed by atoms with Crippen molar-refractivity contribution in [1.29, 1.82) is 0 Å². The smallest absolute Gasteiger partial charge is 0.248 e. The average Bonchev–Trinajstić information content (AvgIpc) is 3.46. The lowest BCUT2D eigenvalue weighted by Gasteiger charge is -2.40. The first kappa shape index (κ1) is 17.5. The fraction of sp³-hybridized carbons (Fsp3) is 0.600. The molecule has 4 rings (SSSR count). The van der Waals surface area contributed by atoms with Crippen LogP contribution in [0.1, 0.15) is 43.6 Å². The van der Waals surface area contributed by atoms with Crippen LogP contribution < -0.4 is 10.8 Å². The summed E-state index contributed by atoms with van der Waals surface area (Å²) in [5.41, 5.74) is 3.20. The van der Waals surface area contributed by atoms with Gasteiger partial charge in [-0.05, 0) is 43.1 Å².